The highest BCUT2D eigenvalue weighted by molar-refractivity contribution is 5.59. The zero-order chi connectivity index (χ0) is 18.1. The maximum atomic E-state index is 5.44. The highest BCUT2D eigenvalue weighted by Crippen LogP contribution is 2.32. The molecule has 2 aromatic heterocycles. The Labute approximate surface area is 156 Å². The van der Waals surface area contributed by atoms with Gasteiger partial charge in [0.15, 0.2) is 11.5 Å². The Hall–Kier alpha value is -3.54. The van der Waals surface area contributed by atoms with Crippen LogP contribution in [0.1, 0.15) is 11.1 Å². The molecule has 1 aliphatic heterocycles. The topological polar surface area (TPSA) is 54.1 Å². The van der Waals surface area contributed by atoms with Crippen LogP contribution >= 0.6 is 0 Å². The van der Waals surface area contributed by atoms with Crippen LogP contribution in [-0.4, -0.2) is 26.4 Å². The Bertz CT molecular complexity index is 1070. The Morgan fingerprint density at radius 1 is 0.741 bits per heavy atom. The fourth-order valence-electron chi connectivity index (χ4n) is 3.20. The average molecular weight is 358 g/mol. The molecular formula is C21H18N4O2. The molecule has 0 saturated carbocycles. The van der Waals surface area contributed by atoms with Gasteiger partial charge >= 0.3 is 0 Å². The maximum Gasteiger partial charge on any atom is 0.231 e. The van der Waals surface area contributed by atoms with Gasteiger partial charge in [0.25, 0.3) is 0 Å². The Morgan fingerprint density at radius 3 is 2.15 bits per heavy atom. The second-order valence-electron chi connectivity index (χ2n) is 6.53. The van der Waals surface area contributed by atoms with E-state index in [4.69, 9.17) is 9.47 Å². The van der Waals surface area contributed by atoms with Crippen molar-refractivity contribution in [2.75, 3.05) is 6.79 Å². The van der Waals surface area contributed by atoms with Crippen LogP contribution in [0.25, 0.3) is 11.1 Å². The van der Waals surface area contributed by atoms with E-state index in [9.17, 15) is 0 Å². The summed E-state index contributed by atoms with van der Waals surface area (Å²) in [5, 5.41) is 8.95. The van der Waals surface area contributed by atoms with Gasteiger partial charge in [-0.2, -0.15) is 10.2 Å². The van der Waals surface area contributed by atoms with E-state index in [0.29, 0.717) is 6.54 Å². The predicted octanol–water partition coefficient (Wildman–Crippen LogP) is 3.57. The Kier molecular flexibility index (Phi) is 3.86. The first kappa shape index (κ1) is 15.7. The number of ether oxygens (including phenoxy) is 2. The van der Waals surface area contributed by atoms with Crippen molar-refractivity contribution in [1.82, 2.24) is 19.6 Å². The summed E-state index contributed by atoms with van der Waals surface area (Å²) in [7, 11) is 0. The lowest BCUT2D eigenvalue weighted by Crippen LogP contribution is -1.99. The number of nitrogens with zero attached hydrogens (tertiary/aromatic N) is 4. The molecule has 0 aliphatic carbocycles. The Morgan fingerprint density at radius 2 is 1.41 bits per heavy atom. The van der Waals surface area contributed by atoms with E-state index in [-0.39, 0.29) is 6.79 Å². The SMILES string of the molecule is c1ccc(Cn2cc(-c3cnn(Cc4ccc5c(c4)OCO5)c3)cn2)cc1. The molecule has 6 heteroatoms. The zero-order valence-corrected chi connectivity index (χ0v) is 14.7. The van der Waals surface area contributed by atoms with Gasteiger partial charge in [0, 0.05) is 23.5 Å². The summed E-state index contributed by atoms with van der Waals surface area (Å²) in [6.07, 6.45) is 7.84. The molecule has 5 rings (SSSR count). The molecule has 0 bridgehead atoms. The van der Waals surface area contributed by atoms with E-state index in [1.54, 1.807) is 0 Å². The fourth-order valence-corrected chi connectivity index (χ4v) is 3.20. The smallest absolute Gasteiger partial charge is 0.231 e. The highest BCUT2D eigenvalue weighted by Gasteiger charge is 2.13. The van der Waals surface area contributed by atoms with Crippen molar-refractivity contribution in [2.45, 2.75) is 13.1 Å². The minimum absolute atomic E-state index is 0.289. The van der Waals surface area contributed by atoms with Gasteiger partial charge in [-0.15, -0.1) is 0 Å². The largest absolute Gasteiger partial charge is 0.454 e. The lowest BCUT2D eigenvalue weighted by Gasteiger charge is -2.03. The molecule has 6 nitrogen and oxygen atoms in total. The highest BCUT2D eigenvalue weighted by atomic mass is 16.7. The first-order chi connectivity index (χ1) is 13.3. The van der Waals surface area contributed by atoms with Crippen LogP contribution in [0.4, 0.5) is 0 Å². The fraction of sp³-hybridized carbons (Fsp3) is 0.143. The molecule has 0 fully saturated rings. The van der Waals surface area contributed by atoms with E-state index < -0.39 is 0 Å². The second kappa shape index (κ2) is 6.64. The van der Waals surface area contributed by atoms with Crippen molar-refractivity contribution >= 4 is 0 Å². The standard InChI is InChI=1S/C21H18N4O2/c1-2-4-16(5-3-1)11-24-13-18(9-22-24)19-10-23-25(14-19)12-17-6-7-20-21(8-17)27-15-26-20/h1-10,13-14H,11-12,15H2. The molecule has 4 aromatic rings. The summed E-state index contributed by atoms with van der Waals surface area (Å²) in [4.78, 5) is 0. The zero-order valence-electron chi connectivity index (χ0n) is 14.7. The van der Waals surface area contributed by atoms with Gasteiger partial charge in [-0.05, 0) is 23.3 Å². The molecule has 0 saturated heterocycles. The summed E-state index contributed by atoms with van der Waals surface area (Å²) in [5.74, 6) is 1.59. The van der Waals surface area contributed by atoms with E-state index in [1.165, 1.54) is 5.56 Å². The van der Waals surface area contributed by atoms with Crippen LogP contribution in [0.15, 0.2) is 73.3 Å². The first-order valence-corrected chi connectivity index (χ1v) is 8.81. The molecule has 0 amide bonds. The minimum Gasteiger partial charge on any atom is -0.454 e. The van der Waals surface area contributed by atoms with Crippen LogP contribution in [0, 0.1) is 0 Å². The lowest BCUT2D eigenvalue weighted by atomic mass is 10.2. The lowest BCUT2D eigenvalue weighted by molar-refractivity contribution is 0.174. The number of benzene rings is 2. The van der Waals surface area contributed by atoms with Crippen LogP contribution in [0.2, 0.25) is 0 Å². The molecule has 3 heterocycles. The van der Waals surface area contributed by atoms with Gasteiger partial charge in [-0.25, -0.2) is 0 Å². The van der Waals surface area contributed by atoms with Gasteiger partial charge in [0.05, 0.1) is 25.5 Å². The van der Waals surface area contributed by atoms with Gasteiger partial charge in [-0.3, -0.25) is 9.36 Å². The predicted molar refractivity (Wildman–Crippen MR) is 101 cm³/mol. The molecule has 0 spiro atoms. The summed E-state index contributed by atoms with van der Waals surface area (Å²) < 4.78 is 14.7. The van der Waals surface area contributed by atoms with E-state index >= 15 is 0 Å². The third-order valence-electron chi connectivity index (χ3n) is 4.57. The van der Waals surface area contributed by atoms with E-state index in [2.05, 4.69) is 28.5 Å². The number of rotatable bonds is 5. The van der Waals surface area contributed by atoms with Gasteiger partial charge in [0.2, 0.25) is 6.79 Å². The van der Waals surface area contributed by atoms with Gasteiger partial charge in [0.1, 0.15) is 0 Å². The third kappa shape index (κ3) is 3.29. The average Bonchev–Trinajstić information content (AvgIpc) is 3.43. The molecule has 0 radical (unpaired) electrons. The molecule has 2 aromatic carbocycles. The molecule has 0 N–H and O–H groups in total. The van der Waals surface area contributed by atoms with Gasteiger partial charge < -0.3 is 9.47 Å². The monoisotopic (exact) mass is 358 g/mol. The van der Waals surface area contributed by atoms with Crippen LogP contribution in [0.3, 0.4) is 0 Å². The number of fused-ring (bicyclic) bond motifs is 1. The Balaban J connectivity index is 1.31. The van der Waals surface area contributed by atoms with Gasteiger partial charge in [-0.1, -0.05) is 36.4 Å². The van der Waals surface area contributed by atoms with Crippen molar-refractivity contribution in [1.29, 1.82) is 0 Å². The van der Waals surface area contributed by atoms with Crippen molar-refractivity contribution < 1.29 is 9.47 Å². The van der Waals surface area contributed by atoms with Crippen molar-refractivity contribution in [2.24, 2.45) is 0 Å². The van der Waals surface area contributed by atoms with Crippen molar-refractivity contribution in [3.05, 3.63) is 84.4 Å². The molecule has 0 unspecified atom stereocenters. The second-order valence-corrected chi connectivity index (χ2v) is 6.53. The summed E-state index contributed by atoms with van der Waals surface area (Å²) in [6.45, 7) is 1.72. The first-order valence-electron chi connectivity index (χ1n) is 8.81. The van der Waals surface area contributed by atoms with Crippen LogP contribution < -0.4 is 9.47 Å². The normalized spacial score (nSPS) is 12.4. The third-order valence-corrected chi connectivity index (χ3v) is 4.57. The number of hydrogen-bond acceptors (Lipinski definition) is 4. The summed E-state index contributed by atoms with van der Waals surface area (Å²) >= 11 is 0. The van der Waals surface area contributed by atoms with E-state index in [0.717, 1.165) is 34.7 Å². The maximum absolute atomic E-state index is 5.44. The quantitative estimate of drug-likeness (QED) is 0.547. The van der Waals surface area contributed by atoms with Crippen molar-refractivity contribution in [3.63, 3.8) is 0 Å². The van der Waals surface area contributed by atoms with Crippen LogP contribution in [-0.2, 0) is 13.1 Å². The molecule has 134 valence electrons. The summed E-state index contributed by atoms with van der Waals surface area (Å²) in [6, 6.07) is 16.3. The number of aromatic nitrogens is 4. The molecule has 27 heavy (non-hydrogen) atoms. The molecular weight excluding hydrogens is 340 g/mol. The van der Waals surface area contributed by atoms with Crippen LogP contribution in [0.5, 0.6) is 11.5 Å². The summed E-state index contributed by atoms with van der Waals surface area (Å²) in [5.41, 5.74) is 4.46. The number of hydrogen-bond donors (Lipinski definition) is 0. The van der Waals surface area contributed by atoms with E-state index in [1.807, 2.05) is 64.4 Å². The molecule has 1 aliphatic rings. The van der Waals surface area contributed by atoms with Crippen molar-refractivity contribution in [3.8, 4) is 22.6 Å². The minimum atomic E-state index is 0.289. The molecule has 0 atom stereocenters.